The standard InChI is InChI=1S/C17H21N3/c1-2-5-15(6-3-1)9-12-20-11-4-7-16(13-20)17-8-10-18-14-19-17/h1-3,5-6,8,10,14,16H,4,7,9,11-13H2. The SMILES string of the molecule is c1ccc(CCN2CCCC(c3ccncn3)C2)cc1. The molecule has 1 fully saturated rings. The topological polar surface area (TPSA) is 29.0 Å². The zero-order chi connectivity index (χ0) is 13.6. The van der Waals surface area contributed by atoms with Crippen LogP contribution >= 0.6 is 0 Å². The second-order valence-electron chi connectivity index (χ2n) is 5.51. The van der Waals surface area contributed by atoms with E-state index in [9.17, 15) is 0 Å². The van der Waals surface area contributed by atoms with Gasteiger partial charge in [0.05, 0.1) is 0 Å². The van der Waals surface area contributed by atoms with Crippen LogP contribution in [-0.4, -0.2) is 34.5 Å². The van der Waals surface area contributed by atoms with Gasteiger partial charge in [-0.3, -0.25) is 0 Å². The lowest BCUT2D eigenvalue weighted by Crippen LogP contribution is -2.36. The molecule has 0 saturated carbocycles. The summed E-state index contributed by atoms with van der Waals surface area (Å²) in [5, 5.41) is 0. The number of hydrogen-bond acceptors (Lipinski definition) is 3. The van der Waals surface area contributed by atoms with Crippen molar-refractivity contribution in [1.29, 1.82) is 0 Å². The number of likely N-dealkylation sites (tertiary alicyclic amines) is 1. The van der Waals surface area contributed by atoms with Gasteiger partial charge in [-0.2, -0.15) is 0 Å². The first-order valence-electron chi connectivity index (χ1n) is 7.44. The van der Waals surface area contributed by atoms with E-state index in [0.29, 0.717) is 5.92 Å². The van der Waals surface area contributed by atoms with Gasteiger partial charge < -0.3 is 4.90 Å². The van der Waals surface area contributed by atoms with Crippen LogP contribution in [0.25, 0.3) is 0 Å². The van der Waals surface area contributed by atoms with Gasteiger partial charge in [-0.05, 0) is 37.4 Å². The average Bonchev–Trinajstić information content (AvgIpc) is 2.55. The molecule has 104 valence electrons. The van der Waals surface area contributed by atoms with Crippen molar-refractivity contribution < 1.29 is 0 Å². The van der Waals surface area contributed by atoms with Gasteiger partial charge in [-0.1, -0.05) is 30.3 Å². The molecule has 20 heavy (non-hydrogen) atoms. The van der Waals surface area contributed by atoms with Gasteiger partial charge in [-0.15, -0.1) is 0 Å². The first-order valence-corrected chi connectivity index (χ1v) is 7.44. The summed E-state index contributed by atoms with van der Waals surface area (Å²) < 4.78 is 0. The molecule has 3 nitrogen and oxygen atoms in total. The molecule has 0 bridgehead atoms. The second kappa shape index (κ2) is 6.62. The third-order valence-corrected chi connectivity index (χ3v) is 4.09. The second-order valence-corrected chi connectivity index (χ2v) is 5.51. The molecule has 3 heteroatoms. The minimum absolute atomic E-state index is 0.572. The summed E-state index contributed by atoms with van der Waals surface area (Å²) in [4.78, 5) is 11.0. The molecule has 0 aliphatic carbocycles. The molecule has 1 aliphatic rings. The zero-order valence-corrected chi connectivity index (χ0v) is 11.8. The van der Waals surface area contributed by atoms with Crippen LogP contribution in [0.2, 0.25) is 0 Å². The van der Waals surface area contributed by atoms with Crippen LogP contribution in [0.1, 0.15) is 30.0 Å². The van der Waals surface area contributed by atoms with Gasteiger partial charge in [0, 0.05) is 30.9 Å². The Morgan fingerprint density at radius 1 is 1.15 bits per heavy atom. The van der Waals surface area contributed by atoms with E-state index in [1.807, 2.05) is 6.20 Å². The highest BCUT2D eigenvalue weighted by atomic mass is 15.1. The third kappa shape index (κ3) is 3.42. The molecule has 1 atom stereocenters. The van der Waals surface area contributed by atoms with Crippen LogP contribution in [0.4, 0.5) is 0 Å². The van der Waals surface area contributed by atoms with Gasteiger partial charge in [0.2, 0.25) is 0 Å². The van der Waals surface area contributed by atoms with E-state index in [4.69, 9.17) is 0 Å². The Bertz CT molecular complexity index is 512. The van der Waals surface area contributed by atoms with E-state index in [0.717, 1.165) is 19.5 Å². The van der Waals surface area contributed by atoms with Gasteiger partial charge >= 0.3 is 0 Å². The summed E-state index contributed by atoms with van der Waals surface area (Å²) in [5.41, 5.74) is 2.63. The molecule has 1 aromatic heterocycles. The first kappa shape index (κ1) is 13.3. The van der Waals surface area contributed by atoms with E-state index in [1.165, 1.54) is 30.6 Å². The summed E-state index contributed by atoms with van der Waals surface area (Å²) in [5.74, 6) is 0.572. The highest BCUT2D eigenvalue weighted by Crippen LogP contribution is 2.25. The summed E-state index contributed by atoms with van der Waals surface area (Å²) in [6.07, 6.45) is 7.17. The van der Waals surface area contributed by atoms with Crippen molar-refractivity contribution in [3.8, 4) is 0 Å². The Morgan fingerprint density at radius 3 is 2.85 bits per heavy atom. The number of hydrogen-bond donors (Lipinski definition) is 0. The van der Waals surface area contributed by atoms with Crippen molar-refractivity contribution in [2.45, 2.75) is 25.2 Å². The van der Waals surface area contributed by atoms with Crippen LogP contribution in [0.3, 0.4) is 0 Å². The van der Waals surface area contributed by atoms with Crippen molar-refractivity contribution in [2.75, 3.05) is 19.6 Å². The van der Waals surface area contributed by atoms with Crippen LogP contribution in [0.15, 0.2) is 48.9 Å². The Morgan fingerprint density at radius 2 is 2.05 bits per heavy atom. The smallest absolute Gasteiger partial charge is 0.115 e. The minimum atomic E-state index is 0.572. The van der Waals surface area contributed by atoms with Crippen LogP contribution in [-0.2, 0) is 6.42 Å². The molecule has 0 radical (unpaired) electrons. The summed E-state index contributed by atoms with van der Waals surface area (Å²) in [6, 6.07) is 12.8. The van der Waals surface area contributed by atoms with Gasteiger partial charge in [0.1, 0.15) is 6.33 Å². The fourth-order valence-electron chi connectivity index (χ4n) is 2.97. The van der Waals surface area contributed by atoms with Gasteiger partial charge in [-0.25, -0.2) is 9.97 Å². The third-order valence-electron chi connectivity index (χ3n) is 4.09. The summed E-state index contributed by atoms with van der Waals surface area (Å²) >= 11 is 0. The van der Waals surface area contributed by atoms with Gasteiger partial charge in [0.25, 0.3) is 0 Å². The normalized spacial score (nSPS) is 19.9. The minimum Gasteiger partial charge on any atom is -0.302 e. The lowest BCUT2D eigenvalue weighted by molar-refractivity contribution is 0.208. The largest absolute Gasteiger partial charge is 0.302 e. The molecule has 0 spiro atoms. The van der Waals surface area contributed by atoms with Crippen LogP contribution < -0.4 is 0 Å². The maximum Gasteiger partial charge on any atom is 0.115 e. The number of piperidine rings is 1. The Hall–Kier alpha value is -1.74. The fourth-order valence-corrected chi connectivity index (χ4v) is 2.97. The van der Waals surface area contributed by atoms with E-state index in [-0.39, 0.29) is 0 Å². The number of nitrogens with zero attached hydrogens (tertiary/aromatic N) is 3. The van der Waals surface area contributed by atoms with Crippen molar-refractivity contribution in [3.05, 3.63) is 60.2 Å². The van der Waals surface area contributed by atoms with Crippen LogP contribution in [0, 0.1) is 0 Å². The van der Waals surface area contributed by atoms with E-state index in [2.05, 4.69) is 51.3 Å². The number of benzene rings is 1. The predicted molar refractivity (Wildman–Crippen MR) is 80.6 cm³/mol. The molecule has 0 amide bonds. The molecule has 1 saturated heterocycles. The predicted octanol–water partition coefficient (Wildman–Crippen LogP) is 2.90. The fraction of sp³-hybridized carbons (Fsp3) is 0.412. The quantitative estimate of drug-likeness (QED) is 0.853. The maximum absolute atomic E-state index is 4.42. The maximum atomic E-state index is 4.42. The summed E-state index contributed by atoms with van der Waals surface area (Å²) in [6.45, 7) is 3.49. The Balaban J connectivity index is 1.56. The molecular formula is C17H21N3. The van der Waals surface area contributed by atoms with E-state index >= 15 is 0 Å². The Labute approximate surface area is 120 Å². The number of rotatable bonds is 4. The average molecular weight is 267 g/mol. The first-order chi connectivity index (χ1) is 9.92. The van der Waals surface area contributed by atoms with Gasteiger partial charge in [0.15, 0.2) is 0 Å². The molecule has 1 unspecified atom stereocenters. The Kier molecular flexibility index (Phi) is 4.38. The zero-order valence-electron chi connectivity index (χ0n) is 11.8. The summed E-state index contributed by atoms with van der Waals surface area (Å²) in [7, 11) is 0. The lowest BCUT2D eigenvalue weighted by atomic mass is 9.94. The molecule has 0 N–H and O–H groups in total. The van der Waals surface area contributed by atoms with E-state index < -0.39 is 0 Å². The van der Waals surface area contributed by atoms with Crippen molar-refractivity contribution in [3.63, 3.8) is 0 Å². The molecule has 2 aromatic rings. The monoisotopic (exact) mass is 267 g/mol. The lowest BCUT2D eigenvalue weighted by Gasteiger charge is -2.32. The van der Waals surface area contributed by atoms with Crippen molar-refractivity contribution >= 4 is 0 Å². The van der Waals surface area contributed by atoms with Crippen molar-refractivity contribution in [1.82, 2.24) is 14.9 Å². The highest BCUT2D eigenvalue weighted by molar-refractivity contribution is 5.15. The molecular weight excluding hydrogens is 246 g/mol. The number of aromatic nitrogens is 2. The van der Waals surface area contributed by atoms with Crippen LogP contribution in [0.5, 0.6) is 0 Å². The van der Waals surface area contributed by atoms with E-state index in [1.54, 1.807) is 6.33 Å². The molecule has 1 aromatic carbocycles. The molecule has 1 aliphatic heterocycles. The van der Waals surface area contributed by atoms with Crippen molar-refractivity contribution in [2.24, 2.45) is 0 Å². The molecule has 2 heterocycles. The highest BCUT2D eigenvalue weighted by Gasteiger charge is 2.21. The molecule has 3 rings (SSSR count).